The third-order valence-electron chi connectivity index (χ3n) is 0.676. The van der Waals surface area contributed by atoms with Gasteiger partial charge in [0.15, 0.2) is 6.33 Å². The summed E-state index contributed by atoms with van der Waals surface area (Å²) in [5.41, 5.74) is 0. The second kappa shape index (κ2) is 2.61. The van der Waals surface area contributed by atoms with Crippen LogP contribution in [0.1, 0.15) is 0 Å². The van der Waals surface area contributed by atoms with E-state index in [4.69, 9.17) is 11.6 Å². The molecule has 0 aromatic carbocycles. The van der Waals surface area contributed by atoms with Crippen molar-refractivity contribution in [2.45, 2.75) is 6.54 Å². The summed E-state index contributed by atoms with van der Waals surface area (Å²) in [6.45, 7) is 0.627. The highest BCUT2D eigenvalue weighted by molar-refractivity contribution is 6.17. The van der Waals surface area contributed by atoms with Gasteiger partial charge < -0.3 is 0 Å². The molecular weight excluding hydrogens is 128 g/mol. The largest absolute Gasteiger partial charge is 0.163 e. The molecule has 8 heavy (non-hydrogen) atoms. The first kappa shape index (κ1) is 5.50. The molecule has 0 N–H and O–H groups in total. The zero-order chi connectivity index (χ0) is 5.82. The number of aromatic nitrogens is 4. The van der Waals surface area contributed by atoms with E-state index in [9.17, 15) is 0 Å². The summed E-state index contributed by atoms with van der Waals surface area (Å²) in [6.07, 6.45) is 1.38. The Balaban J connectivity index is 2.50. The number of nitrogens with zero attached hydrogens (tertiary/aromatic N) is 4. The molecule has 0 unspecified atom stereocenters. The maximum absolute atomic E-state index is 5.36. The third kappa shape index (κ3) is 1.16. The number of hydrogen-bond donors (Lipinski definition) is 0. The predicted octanol–water partition coefficient (Wildman–Crippen LogP) is -0.0881. The van der Waals surface area contributed by atoms with Gasteiger partial charge in [-0.2, -0.15) is 4.80 Å². The van der Waals surface area contributed by atoms with E-state index in [2.05, 4.69) is 15.4 Å². The van der Waals surface area contributed by atoms with Crippen LogP contribution in [-0.2, 0) is 6.54 Å². The van der Waals surface area contributed by atoms with Gasteiger partial charge in [-0.05, 0) is 5.21 Å². The summed E-state index contributed by atoms with van der Waals surface area (Å²) >= 11 is 5.36. The normalized spacial score (nSPS) is 9.62. The summed E-state index contributed by atoms with van der Waals surface area (Å²) in [6, 6.07) is 0. The summed E-state index contributed by atoms with van der Waals surface area (Å²) in [5, 5.41) is 10.8. The quantitative estimate of drug-likeness (QED) is 0.529. The van der Waals surface area contributed by atoms with E-state index >= 15 is 0 Å². The fourth-order valence-electron chi connectivity index (χ4n) is 0.367. The summed E-state index contributed by atoms with van der Waals surface area (Å²) < 4.78 is 0. The van der Waals surface area contributed by atoms with Crippen LogP contribution < -0.4 is 0 Å². The lowest BCUT2D eigenvalue weighted by Gasteiger charge is -1.87. The molecule has 5 heteroatoms. The Bertz CT molecular complexity index is 137. The minimum absolute atomic E-state index is 0.524. The van der Waals surface area contributed by atoms with E-state index < -0.39 is 0 Å². The van der Waals surface area contributed by atoms with Crippen LogP contribution in [0.15, 0.2) is 6.33 Å². The molecule has 0 aliphatic heterocycles. The van der Waals surface area contributed by atoms with E-state index in [1.165, 1.54) is 11.1 Å². The van der Waals surface area contributed by atoms with E-state index in [1.807, 2.05) is 0 Å². The third-order valence-corrected chi connectivity index (χ3v) is 0.845. The van der Waals surface area contributed by atoms with E-state index in [0.717, 1.165) is 0 Å². The summed E-state index contributed by atoms with van der Waals surface area (Å²) in [5.74, 6) is 0.524. The van der Waals surface area contributed by atoms with Crippen molar-refractivity contribution in [3.05, 3.63) is 6.33 Å². The molecule has 0 bridgehead atoms. The number of alkyl halides is 1. The van der Waals surface area contributed by atoms with Crippen molar-refractivity contribution in [2.75, 3.05) is 5.88 Å². The molecule has 0 saturated heterocycles. The summed E-state index contributed by atoms with van der Waals surface area (Å²) in [4.78, 5) is 1.44. The Labute approximate surface area is 51.4 Å². The number of rotatable bonds is 2. The van der Waals surface area contributed by atoms with E-state index in [1.54, 1.807) is 0 Å². The number of halogens is 1. The lowest BCUT2D eigenvalue weighted by atomic mass is 10.8. The van der Waals surface area contributed by atoms with Gasteiger partial charge in [-0.1, -0.05) is 0 Å². The van der Waals surface area contributed by atoms with Gasteiger partial charge in [-0.15, -0.1) is 21.8 Å². The molecule has 1 aromatic heterocycles. The molecule has 1 rings (SSSR count). The minimum atomic E-state index is 0.524. The van der Waals surface area contributed by atoms with Crippen molar-refractivity contribution in [1.29, 1.82) is 0 Å². The molecule has 0 spiro atoms. The van der Waals surface area contributed by atoms with Crippen LogP contribution in [0, 0.1) is 0 Å². The van der Waals surface area contributed by atoms with Crippen molar-refractivity contribution in [3.63, 3.8) is 0 Å². The summed E-state index contributed by atoms with van der Waals surface area (Å²) in [7, 11) is 0. The van der Waals surface area contributed by atoms with Crippen molar-refractivity contribution in [3.8, 4) is 0 Å². The van der Waals surface area contributed by atoms with Crippen LogP contribution in [-0.4, -0.2) is 26.1 Å². The molecule has 4 nitrogen and oxygen atoms in total. The monoisotopic (exact) mass is 132 g/mol. The zero-order valence-electron chi connectivity index (χ0n) is 4.16. The van der Waals surface area contributed by atoms with Crippen LogP contribution >= 0.6 is 11.6 Å². The van der Waals surface area contributed by atoms with Crippen molar-refractivity contribution in [1.82, 2.24) is 20.2 Å². The van der Waals surface area contributed by atoms with Crippen molar-refractivity contribution < 1.29 is 0 Å². The van der Waals surface area contributed by atoms with Gasteiger partial charge in [0.05, 0.1) is 6.54 Å². The number of aryl methyl sites for hydroxylation is 1. The number of tetrazole rings is 1. The number of hydrogen-bond acceptors (Lipinski definition) is 3. The lowest BCUT2D eigenvalue weighted by molar-refractivity contribution is 0.555. The Morgan fingerprint density at radius 3 is 3.00 bits per heavy atom. The van der Waals surface area contributed by atoms with Crippen LogP contribution in [0.4, 0.5) is 0 Å². The molecule has 44 valence electrons. The Kier molecular flexibility index (Phi) is 1.80. The second-order valence-electron chi connectivity index (χ2n) is 1.22. The van der Waals surface area contributed by atoms with Gasteiger partial charge >= 0.3 is 0 Å². The molecular formula is C3H5ClN4. The Morgan fingerprint density at radius 2 is 2.50 bits per heavy atom. The molecule has 0 aliphatic rings. The zero-order valence-corrected chi connectivity index (χ0v) is 4.91. The standard InChI is InChI=1S/C3H5ClN4/c4-1-2-8-6-3-5-7-8/h3H,1-2H2. The van der Waals surface area contributed by atoms with Crippen LogP contribution in [0.25, 0.3) is 0 Å². The van der Waals surface area contributed by atoms with Crippen molar-refractivity contribution in [2.24, 2.45) is 0 Å². The molecule has 0 fully saturated rings. The SMILES string of the molecule is ClCCn1ncnn1. The van der Waals surface area contributed by atoms with Crippen LogP contribution in [0.3, 0.4) is 0 Å². The molecule has 0 atom stereocenters. The van der Waals surface area contributed by atoms with Crippen molar-refractivity contribution >= 4 is 11.6 Å². The van der Waals surface area contributed by atoms with Gasteiger partial charge in [0.1, 0.15) is 0 Å². The fourth-order valence-corrected chi connectivity index (χ4v) is 0.518. The van der Waals surface area contributed by atoms with Gasteiger partial charge in [0.25, 0.3) is 0 Å². The first-order valence-corrected chi connectivity index (χ1v) is 2.73. The average Bonchev–Trinajstić information content (AvgIpc) is 2.19. The fraction of sp³-hybridized carbons (Fsp3) is 0.667. The highest BCUT2D eigenvalue weighted by Gasteiger charge is 1.86. The smallest absolute Gasteiger partial charge is 0.162 e. The predicted molar refractivity (Wildman–Crippen MR) is 28.5 cm³/mol. The van der Waals surface area contributed by atoms with Gasteiger partial charge in [0.2, 0.25) is 0 Å². The van der Waals surface area contributed by atoms with E-state index in [0.29, 0.717) is 12.4 Å². The highest BCUT2D eigenvalue weighted by Crippen LogP contribution is 1.77. The highest BCUT2D eigenvalue weighted by atomic mass is 35.5. The van der Waals surface area contributed by atoms with Gasteiger partial charge in [-0.25, -0.2) is 0 Å². The maximum Gasteiger partial charge on any atom is 0.162 e. The Hall–Kier alpha value is -0.640. The molecule has 0 saturated carbocycles. The first-order valence-electron chi connectivity index (χ1n) is 2.20. The first-order chi connectivity index (χ1) is 3.93. The minimum Gasteiger partial charge on any atom is -0.163 e. The molecule has 0 amide bonds. The maximum atomic E-state index is 5.36. The lowest BCUT2D eigenvalue weighted by Crippen LogP contribution is -2.02. The molecule has 0 radical (unpaired) electrons. The molecule has 1 aromatic rings. The topological polar surface area (TPSA) is 43.6 Å². The van der Waals surface area contributed by atoms with Gasteiger partial charge in [0, 0.05) is 5.88 Å². The van der Waals surface area contributed by atoms with Crippen LogP contribution in [0.2, 0.25) is 0 Å². The van der Waals surface area contributed by atoms with Gasteiger partial charge in [-0.3, -0.25) is 0 Å². The second-order valence-corrected chi connectivity index (χ2v) is 1.60. The molecule has 1 heterocycles. The van der Waals surface area contributed by atoms with Crippen LogP contribution in [0.5, 0.6) is 0 Å². The van der Waals surface area contributed by atoms with E-state index in [-0.39, 0.29) is 0 Å². The average molecular weight is 133 g/mol. The Morgan fingerprint density at radius 1 is 1.62 bits per heavy atom. The molecule has 0 aliphatic carbocycles.